The monoisotopic (exact) mass is 297 g/mol. The summed E-state index contributed by atoms with van der Waals surface area (Å²) in [5.74, 6) is 1.37. The highest BCUT2D eigenvalue weighted by Crippen LogP contribution is 2.30. The van der Waals surface area contributed by atoms with E-state index in [0.717, 1.165) is 44.0 Å². The van der Waals surface area contributed by atoms with Gasteiger partial charge < -0.3 is 24.6 Å². The molecular weight excluding hydrogens is 270 g/mol. The predicted octanol–water partition coefficient (Wildman–Crippen LogP) is 2.14. The maximum Gasteiger partial charge on any atom is 0.128 e. The van der Waals surface area contributed by atoms with E-state index < -0.39 is 6.10 Å². The van der Waals surface area contributed by atoms with Gasteiger partial charge in [0.1, 0.15) is 11.5 Å². The first kappa shape index (κ1) is 17.8. The number of nitrogens with one attached hydrogen (secondary N) is 1. The van der Waals surface area contributed by atoms with Gasteiger partial charge in [0.05, 0.1) is 20.3 Å². The summed E-state index contributed by atoms with van der Waals surface area (Å²) in [4.78, 5) is 0. The van der Waals surface area contributed by atoms with Crippen molar-refractivity contribution in [3.8, 4) is 11.5 Å². The first-order chi connectivity index (χ1) is 10.2. The van der Waals surface area contributed by atoms with Crippen molar-refractivity contribution in [3.05, 3.63) is 23.8 Å². The fraction of sp³-hybridized carbons (Fsp3) is 0.625. The van der Waals surface area contributed by atoms with Gasteiger partial charge in [-0.15, -0.1) is 0 Å². The number of benzene rings is 1. The van der Waals surface area contributed by atoms with Gasteiger partial charge in [-0.3, -0.25) is 0 Å². The van der Waals surface area contributed by atoms with Gasteiger partial charge in [0.15, 0.2) is 0 Å². The molecule has 1 aromatic rings. The first-order valence-electron chi connectivity index (χ1n) is 7.41. The Hall–Kier alpha value is -1.30. The molecule has 0 saturated carbocycles. The highest BCUT2D eigenvalue weighted by molar-refractivity contribution is 5.41. The Morgan fingerprint density at radius 2 is 2.00 bits per heavy atom. The van der Waals surface area contributed by atoms with Crippen LogP contribution in [0.4, 0.5) is 0 Å². The molecule has 120 valence electrons. The van der Waals surface area contributed by atoms with Gasteiger partial charge >= 0.3 is 0 Å². The zero-order valence-corrected chi connectivity index (χ0v) is 13.2. The number of ether oxygens (including phenoxy) is 3. The molecule has 1 unspecified atom stereocenters. The molecule has 0 radical (unpaired) electrons. The Kier molecular flexibility index (Phi) is 8.82. The van der Waals surface area contributed by atoms with E-state index in [4.69, 9.17) is 14.2 Å². The van der Waals surface area contributed by atoms with E-state index in [0.29, 0.717) is 12.2 Å². The molecule has 0 amide bonds. The number of rotatable bonds is 11. The van der Waals surface area contributed by atoms with E-state index in [2.05, 4.69) is 5.32 Å². The molecule has 21 heavy (non-hydrogen) atoms. The van der Waals surface area contributed by atoms with Crippen molar-refractivity contribution in [1.82, 2.24) is 5.32 Å². The lowest BCUT2D eigenvalue weighted by Gasteiger charge is -2.16. The second-order valence-electron chi connectivity index (χ2n) is 4.71. The van der Waals surface area contributed by atoms with Crippen molar-refractivity contribution >= 4 is 0 Å². The largest absolute Gasteiger partial charge is 0.497 e. The van der Waals surface area contributed by atoms with Crippen LogP contribution in [0, 0.1) is 0 Å². The summed E-state index contributed by atoms with van der Waals surface area (Å²) in [7, 11) is 3.20. The molecular formula is C16H27NO4. The molecule has 1 atom stereocenters. The number of methoxy groups -OCH3 is 2. The van der Waals surface area contributed by atoms with E-state index in [-0.39, 0.29) is 0 Å². The van der Waals surface area contributed by atoms with E-state index in [9.17, 15) is 5.11 Å². The summed E-state index contributed by atoms with van der Waals surface area (Å²) < 4.78 is 15.7. The topological polar surface area (TPSA) is 60.0 Å². The van der Waals surface area contributed by atoms with Crippen LogP contribution in [0.2, 0.25) is 0 Å². The molecule has 0 aliphatic rings. The molecule has 5 heteroatoms. The van der Waals surface area contributed by atoms with Crippen LogP contribution < -0.4 is 14.8 Å². The summed E-state index contributed by atoms with van der Waals surface area (Å²) in [6.07, 6.45) is 1.07. The zero-order valence-electron chi connectivity index (χ0n) is 13.2. The molecule has 0 aliphatic carbocycles. The maximum atomic E-state index is 10.3. The molecule has 1 rings (SSSR count). The third kappa shape index (κ3) is 6.33. The van der Waals surface area contributed by atoms with E-state index in [1.54, 1.807) is 20.3 Å². The van der Waals surface area contributed by atoms with Crippen LogP contribution >= 0.6 is 0 Å². The minimum atomic E-state index is -0.551. The van der Waals surface area contributed by atoms with Gasteiger partial charge in [0.25, 0.3) is 0 Å². The van der Waals surface area contributed by atoms with Gasteiger partial charge in [-0.25, -0.2) is 0 Å². The van der Waals surface area contributed by atoms with Crippen LogP contribution in [0.25, 0.3) is 0 Å². The van der Waals surface area contributed by atoms with Gasteiger partial charge in [-0.2, -0.15) is 0 Å². The van der Waals surface area contributed by atoms with Crippen molar-refractivity contribution in [2.45, 2.75) is 25.9 Å². The van der Waals surface area contributed by atoms with E-state index in [1.807, 2.05) is 19.1 Å². The molecule has 0 spiro atoms. The van der Waals surface area contributed by atoms with Crippen molar-refractivity contribution in [2.24, 2.45) is 0 Å². The van der Waals surface area contributed by atoms with Crippen molar-refractivity contribution in [2.75, 3.05) is 40.5 Å². The highest BCUT2D eigenvalue weighted by atomic mass is 16.5. The van der Waals surface area contributed by atoms with Gasteiger partial charge in [-0.1, -0.05) is 0 Å². The Labute approximate surface area is 127 Å². The first-order valence-corrected chi connectivity index (χ1v) is 7.41. The summed E-state index contributed by atoms with van der Waals surface area (Å²) in [5, 5.41) is 13.6. The standard InChI is InChI=1S/C16H27NO4/c1-4-21-11-5-9-17-10-8-15(18)14-7-6-13(19-2)12-16(14)20-3/h6-7,12,15,17-18H,4-5,8-11H2,1-3H3. The summed E-state index contributed by atoms with van der Waals surface area (Å²) in [5.41, 5.74) is 0.786. The predicted molar refractivity (Wildman–Crippen MR) is 83.1 cm³/mol. The third-order valence-corrected chi connectivity index (χ3v) is 3.24. The van der Waals surface area contributed by atoms with Crippen molar-refractivity contribution in [3.63, 3.8) is 0 Å². The molecule has 5 nitrogen and oxygen atoms in total. The normalized spacial score (nSPS) is 12.2. The SMILES string of the molecule is CCOCCCNCCC(O)c1ccc(OC)cc1OC. The lowest BCUT2D eigenvalue weighted by atomic mass is 10.1. The van der Waals surface area contributed by atoms with Crippen LogP contribution in [0.15, 0.2) is 18.2 Å². The highest BCUT2D eigenvalue weighted by Gasteiger charge is 2.13. The fourth-order valence-electron chi connectivity index (χ4n) is 2.06. The summed E-state index contributed by atoms with van der Waals surface area (Å²) in [6.45, 7) is 5.18. The molecule has 0 heterocycles. The fourth-order valence-corrected chi connectivity index (χ4v) is 2.06. The van der Waals surface area contributed by atoms with Crippen LogP contribution in [0.1, 0.15) is 31.4 Å². The van der Waals surface area contributed by atoms with Gasteiger partial charge in [-0.05, 0) is 45.0 Å². The lowest BCUT2D eigenvalue weighted by Crippen LogP contribution is -2.20. The van der Waals surface area contributed by atoms with Crippen molar-refractivity contribution < 1.29 is 19.3 Å². The molecule has 2 N–H and O–H groups in total. The molecule has 0 saturated heterocycles. The third-order valence-electron chi connectivity index (χ3n) is 3.24. The Morgan fingerprint density at radius 1 is 1.19 bits per heavy atom. The Bertz CT molecular complexity index is 398. The molecule has 1 aromatic carbocycles. The van der Waals surface area contributed by atoms with E-state index in [1.165, 1.54) is 0 Å². The second-order valence-corrected chi connectivity index (χ2v) is 4.71. The van der Waals surface area contributed by atoms with Gasteiger partial charge in [0.2, 0.25) is 0 Å². The van der Waals surface area contributed by atoms with Crippen LogP contribution in [-0.2, 0) is 4.74 Å². The van der Waals surface area contributed by atoms with Crippen molar-refractivity contribution in [1.29, 1.82) is 0 Å². The van der Waals surface area contributed by atoms with Gasteiger partial charge in [0, 0.05) is 24.8 Å². The number of hydrogen-bond acceptors (Lipinski definition) is 5. The average molecular weight is 297 g/mol. The minimum Gasteiger partial charge on any atom is -0.497 e. The van der Waals surface area contributed by atoms with Crippen LogP contribution in [0.3, 0.4) is 0 Å². The van der Waals surface area contributed by atoms with Crippen LogP contribution in [0.5, 0.6) is 11.5 Å². The maximum absolute atomic E-state index is 10.3. The summed E-state index contributed by atoms with van der Waals surface area (Å²) >= 11 is 0. The molecule has 0 fully saturated rings. The molecule has 0 aliphatic heterocycles. The molecule has 0 aromatic heterocycles. The number of aliphatic hydroxyl groups excluding tert-OH is 1. The smallest absolute Gasteiger partial charge is 0.128 e. The summed E-state index contributed by atoms with van der Waals surface area (Å²) in [6, 6.07) is 5.46. The Morgan fingerprint density at radius 3 is 2.67 bits per heavy atom. The number of hydrogen-bond donors (Lipinski definition) is 2. The Balaban J connectivity index is 2.36. The lowest BCUT2D eigenvalue weighted by molar-refractivity contribution is 0.143. The quantitative estimate of drug-likeness (QED) is 0.613. The van der Waals surface area contributed by atoms with E-state index >= 15 is 0 Å². The minimum absolute atomic E-state index is 0.551. The second kappa shape index (κ2) is 10.4. The zero-order chi connectivity index (χ0) is 15.5. The molecule has 0 bridgehead atoms. The number of aliphatic hydroxyl groups is 1. The average Bonchev–Trinajstić information content (AvgIpc) is 2.53. The van der Waals surface area contributed by atoms with Crippen LogP contribution in [-0.4, -0.2) is 45.6 Å².